The maximum Gasteiger partial charge on any atom is 0.257 e. The van der Waals surface area contributed by atoms with Gasteiger partial charge in [-0.1, -0.05) is 26.0 Å². The van der Waals surface area contributed by atoms with Crippen LogP contribution in [0.5, 0.6) is 0 Å². The van der Waals surface area contributed by atoms with E-state index in [4.69, 9.17) is 0 Å². The van der Waals surface area contributed by atoms with Crippen LogP contribution in [0, 0.1) is 0 Å². The zero-order valence-corrected chi connectivity index (χ0v) is 16.2. The fraction of sp³-hybridized carbons (Fsp3) is 0.318. The van der Waals surface area contributed by atoms with Gasteiger partial charge in [0.15, 0.2) is 0 Å². The first-order chi connectivity index (χ1) is 13.6. The molecule has 3 aromatic rings. The van der Waals surface area contributed by atoms with Gasteiger partial charge in [0.25, 0.3) is 5.91 Å². The number of rotatable bonds is 5. The molecule has 6 heteroatoms. The molecule has 0 unspecified atom stereocenters. The number of nitrogens with zero attached hydrogens (tertiary/aromatic N) is 3. The molecule has 144 valence electrons. The predicted octanol–water partition coefficient (Wildman–Crippen LogP) is 4.00. The molecule has 0 bridgehead atoms. The Morgan fingerprint density at radius 2 is 1.96 bits per heavy atom. The minimum Gasteiger partial charge on any atom is -0.312 e. The lowest BCUT2D eigenvalue weighted by atomic mass is 10.1. The van der Waals surface area contributed by atoms with Crippen molar-refractivity contribution in [2.24, 2.45) is 0 Å². The number of fused-ring (bicyclic) bond motifs is 2. The highest BCUT2D eigenvalue weighted by Gasteiger charge is 2.24. The van der Waals surface area contributed by atoms with Crippen molar-refractivity contribution in [2.75, 3.05) is 16.8 Å². The molecule has 0 spiro atoms. The SMILES string of the molecule is CCCn1c(NC(=O)c2ccc3c(c2)CCN3C(=O)CC)nc2ccccc21. The van der Waals surface area contributed by atoms with Crippen molar-refractivity contribution < 1.29 is 9.59 Å². The molecular formula is C22H24N4O2. The van der Waals surface area contributed by atoms with Gasteiger partial charge in [-0.2, -0.15) is 0 Å². The molecule has 0 atom stereocenters. The molecule has 1 aliphatic rings. The second-order valence-corrected chi connectivity index (χ2v) is 7.02. The van der Waals surface area contributed by atoms with Crippen molar-refractivity contribution in [3.05, 3.63) is 53.6 Å². The third kappa shape index (κ3) is 3.15. The number of imidazole rings is 1. The largest absolute Gasteiger partial charge is 0.312 e. The summed E-state index contributed by atoms with van der Waals surface area (Å²) in [5, 5.41) is 2.97. The van der Waals surface area contributed by atoms with Gasteiger partial charge in [-0.15, -0.1) is 0 Å². The second kappa shape index (κ2) is 7.46. The van der Waals surface area contributed by atoms with Crippen LogP contribution in [0.4, 0.5) is 11.6 Å². The van der Waals surface area contributed by atoms with E-state index in [-0.39, 0.29) is 11.8 Å². The average Bonchev–Trinajstić information content (AvgIpc) is 3.29. The zero-order chi connectivity index (χ0) is 19.7. The van der Waals surface area contributed by atoms with Gasteiger partial charge in [0.2, 0.25) is 11.9 Å². The van der Waals surface area contributed by atoms with E-state index in [9.17, 15) is 9.59 Å². The monoisotopic (exact) mass is 376 g/mol. The number of amides is 2. The van der Waals surface area contributed by atoms with Crippen molar-refractivity contribution in [3.8, 4) is 0 Å². The fourth-order valence-electron chi connectivity index (χ4n) is 3.79. The van der Waals surface area contributed by atoms with Crippen molar-refractivity contribution in [1.29, 1.82) is 0 Å². The number of anilines is 2. The Balaban J connectivity index is 1.61. The van der Waals surface area contributed by atoms with Crippen LogP contribution in [-0.2, 0) is 17.8 Å². The van der Waals surface area contributed by atoms with Crippen LogP contribution < -0.4 is 10.2 Å². The van der Waals surface area contributed by atoms with E-state index in [1.165, 1.54) is 0 Å². The van der Waals surface area contributed by atoms with Crippen LogP contribution in [0.2, 0.25) is 0 Å². The maximum atomic E-state index is 12.9. The van der Waals surface area contributed by atoms with Gasteiger partial charge >= 0.3 is 0 Å². The van der Waals surface area contributed by atoms with Gasteiger partial charge in [-0.05, 0) is 48.7 Å². The summed E-state index contributed by atoms with van der Waals surface area (Å²) in [7, 11) is 0. The summed E-state index contributed by atoms with van der Waals surface area (Å²) in [5.74, 6) is 0.497. The minimum atomic E-state index is -0.185. The molecule has 2 aromatic carbocycles. The van der Waals surface area contributed by atoms with E-state index in [2.05, 4.69) is 17.2 Å². The maximum absolute atomic E-state index is 12.9. The number of carbonyl (C=O) groups is 2. The van der Waals surface area contributed by atoms with Crippen LogP contribution in [0.25, 0.3) is 11.0 Å². The summed E-state index contributed by atoms with van der Waals surface area (Å²) in [5.41, 5.74) is 4.43. The summed E-state index contributed by atoms with van der Waals surface area (Å²) in [4.78, 5) is 31.3. The minimum absolute atomic E-state index is 0.115. The highest BCUT2D eigenvalue weighted by Crippen LogP contribution is 2.30. The summed E-state index contributed by atoms with van der Waals surface area (Å²) < 4.78 is 2.04. The number of para-hydroxylation sites is 2. The molecule has 6 nitrogen and oxygen atoms in total. The molecule has 2 heterocycles. The van der Waals surface area contributed by atoms with Gasteiger partial charge in [0, 0.05) is 30.8 Å². The molecule has 0 aliphatic carbocycles. The summed E-state index contributed by atoms with van der Waals surface area (Å²) in [6.45, 7) is 5.43. The van der Waals surface area contributed by atoms with Gasteiger partial charge in [0.05, 0.1) is 11.0 Å². The van der Waals surface area contributed by atoms with Crippen LogP contribution in [0.1, 0.15) is 42.6 Å². The smallest absolute Gasteiger partial charge is 0.257 e. The normalized spacial score (nSPS) is 13.0. The molecule has 4 rings (SSSR count). The van der Waals surface area contributed by atoms with E-state index in [1.807, 2.05) is 47.9 Å². The highest BCUT2D eigenvalue weighted by molar-refractivity contribution is 6.05. The van der Waals surface area contributed by atoms with Crippen LogP contribution in [0.15, 0.2) is 42.5 Å². The quantitative estimate of drug-likeness (QED) is 0.732. The van der Waals surface area contributed by atoms with Crippen LogP contribution in [0.3, 0.4) is 0 Å². The van der Waals surface area contributed by atoms with Gasteiger partial charge in [-0.25, -0.2) is 4.98 Å². The van der Waals surface area contributed by atoms with E-state index < -0.39 is 0 Å². The molecule has 1 N–H and O–H groups in total. The number of aromatic nitrogens is 2. The van der Waals surface area contributed by atoms with Crippen molar-refractivity contribution >= 4 is 34.5 Å². The van der Waals surface area contributed by atoms with E-state index >= 15 is 0 Å². The van der Waals surface area contributed by atoms with Gasteiger partial charge in [-0.3, -0.25) is 14.9 Å². The molecule has 1 aromatic heterocycles. The molecule has 0 radical (unpaired) electrons. The first kappa shape index (κ1) is 18.2. The number of nitrogens with one attached hydrogen (secondary N) is 1. The van der Waals surface area contributed by atoms with Gasteiger partial charge in [0.1, 0.15) is 0 Å². The number of aryl methyl sites for hydroxylation is 1. The lowest BCUT2D eigenvalue weighted by Gasteiger charge is -2.16. The first-order valence-electron chi connectivity index (χ1n) is 9.82. The van der Waals surface area contributed by atoms with E-state index in [0.717, 1.165) is 41.7 Å². The van der Waals surface area contributed by atoms with Crippen LogP contribution in [-0.4, -0.2) is 27.9 Å². The van der Waals surface area contributed by atoms with Gasteiger partial charge < -0.3 is 9.47 Å². The van der Waals surface area contributed by atoms with Crippen LogP contribution >= 0.6 is 0 Å². The Morgan fingerprint density at radius 1 is 1.14 bits per heavy atom. The lowest BCUT2D eigenvalue weighted by Crippen LogP contribution is -2.27. The number of hydrogen-bond donors (Lipinski definition) is 1. The third-order valence-electron chi connectivity index (χ3n) is 5.17. The molecule has 28 heavy (non-hydrogen) atoms. The predicted molar refractivity (Wildman–Crippen MR) is 111 cm³/mol. The molecule has 0 fully saturated rings. The first-order valence-corrected chi connectivity index (χ1v) is 9.82. The number of hydrogen-bond acceptors (Lipinski definition) is 3. The molecular weight excluding hydrogens is 352 g/mol. The summed E-state index contributed by atoms with van der Waals surface area (Å²) in [6.07, 6.45) is 2.20. The fourth-order valence-corrected chi connectivity index (χ4v) is 3.79. The lowest BCUT2D eigenvalue weighted by molar-refractivity contribution is -0.118. The molecule has 1 aliphatic heterocycles. The molecule has 0 saturated carbocycles. The third-order valence-corrected chi connectivity index (χ3v) is 5.17. The van der Waals surface area contributed by atoms with E-state index in [0.29, 0.717) is 24.5 Å². The van der Waals surface area contributed by atoms with E-state index in [1.54, 1.807) is 11.0 Å². The zero-order valence-electron chi connectivity index (χ0n) is 16.2. The highest BCUT2D eigenvalue weighted by atomic mass is 16.2. The Kier molecular flexibility index (Phi) is 4.86. The molecule has 2 amide bonds. The standard InChI is InChI=1S/C22H24N4O2/c1-3-12-26-19-8-6-5-7-17(19)23-22(26)24-21(28)16-9-10-18-15(14-16)11-13-25(18)20(27)4-2/h5-10,14H,3-4,11-13H2,1-2H3,(H,23,24,28). The summed E-state index contributed by atoms with van der Waals surface area (Å²) in [6, 6.07) is 13.4. The molecule has 0 saturated heterocycles. The van der Waals surface area contributed by atoms with Crippen molar-refractivity contribution in [3.63, 3.8) is 0 Å². The summed E-state index contributed by atoms with van der Waals surface area (Å²) >= 11 is 0. The number of carbonyl (C=O) groups excluding carboxylic acids is 2. The Bertz CT molecular complexity index is 1050. The average molecular weight is 376 g/mol. The van der Waals surface area contributed by atoms with Crippen molar-refractivity contribution in [2.45, 2.75) is 39.7 Å². The Hall–Kier alpha value is -3.15. The van der Waals surface area contributed by atoms with Crippen molar-refractivity contribution in [1.82, 2.24) is 9.55 Å². The topological polar surface area (TPSA) is 67.2 Å². The number of benzene rings is 2. The Morgan fingerprint density at radius 3 is 2.75 bits per heavy atom. The second-order valence-electron chi connectivity index (χ2n) is 7.02. The Labute approximate surface area is 164 Å².